The molecule has 0 aliphatic rings. The van der Waals surface area contributed by atoms with Gasteiger partial charge in [-0.1, -0.05) is 31.5 Å². The van der Waals surface area contributed by atoms with E-state index in [1.165, 1.54) is 36.4 Å². The smallest absolute Gasteiger partial charge is 0.288 e. The fourth-order valence-electron chi connectivity index (χ4n) is 2.52. The maximum absolute atomic E-state index is 12.7. The highest BCUT2D eigenvalue weighted by atomic mass is 35.5. The van der Waals surface area contributed by atoms with Gasteiger partial charge in [0.15, 0.2) is 0 Å². The predicted octanol–water partition coefficient (Wildman–Crippen LogP) is 2.29. The van der Waals surface area contributed by atoms with Crippen LogP contribution in [0.5, 0.6) is 0 Å². The van der Waals surface area contributed by atoms with E-state index in [4.69, 9.17) is 16.7 Å². The average Bonchev–Trinajstić information content (AvgIpc) is 2.65. The van der Waals surface area contributed by atoms with Crippen LogP contribution in [0.3, 0.4) is 0 Å². The number of amides is 2. The van der Waals surface area contributed by atoms with Crippen LogP contribution in [0.25, 0.3) is 0 Å². The van der Waals surface area contributed by atoms with Crippen molar-refractivity contribution in [3.8, 4) is 0 Å². The molecule has 2 aromatic carbocycles. The van der Waals surface area contributed by atoms with E-state index in [1.54, 1.807) is 13.8 Å². The molecule has 0 unspecified atom stereocenters. The van der Waals surface area contributed by atoms with Gasteiger partial charge in [-0.2, -0.15) is 0 Å². The van der Waals surface area contributed by atoms with Crippen LogP contribution < -0.4 is 15.8 Å². The molecule has 0 bridgehead atoms. The molecule has 2 rings (SSSR count). The molecule has 10 nitrogen and oxygen atoms in total. The number of nitro benzene ring substituents is 1. The fraction of sp³-hybridized carbons (Fsp3) is 0.222. The Morgan fingerprint density at radius 3 is 2.40 bits per heavy atom. The molecule has 30 heavy (non-hydrogen) atoms. The molecule has 0 spiro atoms. The highest BCUT2D eigenvalue weighted by molar-refractivity contribution is 7.89. The third-order valence-corrected chi connectivity index (χ3v) is 5.30. The number of nitrogens with zero attached hydrogens (tertiary/aromatic N) is 1. The Hall–Kier alpha value is -3.02. The highest BCUT2D eigenvalue weighted by Gasteiger charge is 2.26. The molecule has 0 heterocycles. The number of carbonyl (C=O) groups excluding carboxylic acids is 2. The molecule has 2 amide bonds. The molecule has 0 saturated heterocycles. The number of nitro groups is 1. The number of hydrogen-bond donors (Lipinski definition) is 3. The van der Waals surface area contributed by atoms with Crippen LogP contribution in [-0.2, 0) is 14.8 Å². The van der Waals surface area contributed by atoms with E-state index in [1.807, 2.05) is 0 Å². The summed E-state index contributed by atoms with van der Waals surface area (Å²) in [7, 11) is -3.95. The van der Waals surface area contributed by atoms with Gasteiger partial charge in [0.05, 0.1) is 9.82 Å². The van der Waals surface area contributed by atoms with Crippen molar-refractivity contribution in [3.63, 3.8) is 0 Å². The van der Waals surface area contributed by atoms with E-state index in [2.05, 4.69) is 10.6 Å². The maximum atomic E-state index is 12.7. The number of anilines is 1. The first kappa shape index (κ1) is 23.3. The summed E-state index contributed by atoms with van der Waals surface area (Å²) in [5.74, 6) is -1.66. The number of primary sulfonamides is 1. The number of hydrogen-bond acceptors (Lipinski definition) is 6. The molecule has 0 fully saturated rings. The molecular formula is C18H19ClN4O6S. The van der Waals surface area contributed by atoms with Gasteiger partial charge in [-0.3, -0.25) is 19.7 Å². The molecule has 0 aromatic heterocycles. The molecule has 0 radical (unpaired) electrons. The van der Waals surface area contributed by atoms with Crippen molar-refractivity contribution in [2.75, 3.05) is 5.32 Å². The van der Waals surface area contributed by atoms with Crippen molar-refractivity contribution in [2.24, 2.45) is 11.1 Å². The summed E-state index contributed by atoms with van der Waals surface area (Å²) < 4.78 is 22.9. The topological polar surface area (TPSA) is 162 Å². The lowest BCUT2D eigenvalue weighted by Gasteiger charge is -2.22. The van der Waals surface area contributed by atoms with Gasteiger partial charge in [0, 0.05) is 17.3 Å². The van der Waals surface area contributed by atoms with E-state index >= 15 is 0 Å². The Balaban J connectivity index is 2.22. The van der Waals surface area contributed by atoms with Gasteiger partial charge in [0.25, 0.3) is 11.6 Å². The highest BCUT2D eigenvalue weighted by Crippen LogP contribution is 2.25. The molecule has 2 aromatic rings. The standard InChI is InChI=1S/C18H19ClN4O6S/c1-10(2)16(18(25)21-12-4-3-5-13(9-12)30(20,28)29)22-17(24)11-6-7-14(19)15(8-11)23(26)27/h3-10,16H,1-2H3,(H,21,25)(H,22,24)(H2,20,28,29)/t16-/m1/s1. The number of nitrogens with one attached hydrogen (secondary N) is 2. The third kappa shape index (κ3) is 5.75. The molecule has 0 aliphatic carbocycles. The number of halogens is 1. The predicted molar refractivity (Wildman–Crippen MR) is 111 cm³/mol. The Morgan fingerprint density at radius 1 is 1.17 bits per heavy atom. The van der Waals surface area contributed by atoms with Crippen molar-refractivity contribution < 1.29 is 22.9 Å². The van der Waals surface area contributed by atoms with Crippen LogP contribution in [0.15, 0.2) is 47.4 Å². The molecule has 160 valence electrons. The van der Waals surface area contributed by atoms with Crippen molar-refractivity contribution in [3.05, 3.63) is 63.2 Å². The second-order valence-corrected chi connectivity index (χ2v) is 8.65. The van der Waals surface area contributed by atoms with Crippen LogP contribution in [0.4, 0.5) is 11.4 Å². The van der Waals surface area contributed by atoms with Gasteiger partial charge < -0.3 is 10.6 Å². The van der Waals surface area contributed by atoms with Crippen LogP contribution in [0.1, 0.15) is 24.2 Å². The normalized spacial score (nSPS) is 12.3. The minimum absolute atomic E-state index is 0.0410. The van der Waals surface area contributed by atoms with Crippen LogP contribution >= 0.6 is 11.6 Å². The summed E-state index contributed by atoms with van der Waals surface area (Å²) in [5, 5.41) is 21.0. The van der Waals surface area contributed by atoms with Crippen molar-refractivity contribution >= 4 is 44.8 Å². The zero-order valence-electron chi connectivity index (χ0n) is 16.0. The van der Waals surface area contributed by atoms with Crippen molar-refractivity contribution in [2.45, 2.75) is 24.8 Å². The zero-order valence-corrected chi connectivity index (χ0v) is 17.5. The quantitative estimate of drug-likeness (QED) is 0.429. The van der Waals surface area contributed by atoms with E-state index in [9.17, 15) is 28.1 Å². The third-order valence-electron chi connectivity index (χ3n) is 4.07. The minimum Gasteiger partial charge on any atom is -0.340 e. The number of carbonyl (C=O) groups is 2. The monoisotopic (exact) mass is 454 g/mol. The zero-order chi connectivity index (χ0) is 22.6. The van der Waals surface area contributed by atoms with Crippen LogP contribution in [0, 0.1) is 16.0 Å². The first-order valence-corrected chi connectivity index (χ1v) is 10.5. The molecule has 1 atom stereocenters. The first-order valence-electron chi connectivity index (χ1n) is 8.58. The average molecular weight is 455 g/mol. The Labute approximate surface area is 177 Å². The Kier molecular flexibility index (Phi) is 7.13. The van der Waals surface area contributed by atoms with Crippen LogP contribution in [0.2, 0.25) is 5.02 Å². The number of benzene rings is 2. The van der Waals surface area contributed by atoms with Gasteiger partial charge in [-0.25, -0.2) is 13.6 Å². The lowest BCUT2D eigenvalue weighted by atomic mass is 10.0. The van der Waals surface area contributed by atoms with Crippen LogP contribution in [-0.4, -0.2) is 31.2 Å². The van der Waals surface area contributed by atoms with Crippen molar-refractivity contribution in [1.82, 2.24) is 5.32 Å². The second kappa shape index (κ2) is 9.20. The lowest BCUT2D eigenvalue weighted by Crippen LogP contribution is -2.47. The summed E-state index contributed by atoms with van der Waals surface area (Å²) in [4.78, 5) is 35.3. The molecule has 4 N–H and O–H groups in total. The first-order chi connectivity index (χ1) is 13.9. The largest absolute Gasteiger partial charge is 0.340 e. The van der Waals surface area contributed by atoms with E-state index < -0.39 is 38.5 Å². The molecule has 0 saturated carbocycles. The minimum atomic E-state index is -3.95. The lowest BCUT2D eigenvalue weighted by molar-refractivity contribution is -0.384. The molecule has 0 aliphatic heterocycles. The van der Waals surface area contributed by atoms with Crippen molar-refractivity contribution in [1.29, 1.82) is 0 Å². The number of nitrogens with two attached hydrogens (primary N) is 1. The fourth-order valence-corrected chi connectivity index (χ4v) is 3.27. The summed E-state index contributed by atoms with van der Waals surface area (Å²) >= 11 is 5.75. The number of sulfonamides is 1. The number of rotatable bonds is 7. The summed E-state index contributed by atoms with van der Waals surface area (Å²) in [6.07, 6.45) is 0. The second-order valence-electron chi connectivity index (χ2n) is 6.68. The summed E-state index contributed by atoms with van der Waals surface area (Å²) in [5.41, 5.74) is -0.302. The summed E-state index contributed by atoms with van der Waals surface area (Å²) in [6.45, 7) is 3.38. The van der Waals surface area contributed by atoms with E-state index in [0.29, 0.717) is 0 Å². The van der Waals surface area contributed by atoms with Gasteiger partial charge in [0.2, 0.25) is 15.9 Å². The maximum Gasteiger partial charge on any atom is 0.288 e. The van der Waals surface area contributed by atoms with Gasteiger partial charge >= 0.3 is 0 Å². The SMILES string of the molecule is CC(C)[C@@H](NC(=O)c1ccc(Cl)c([N+](=O)[O-])c1)C(=O)Nc1cccc(S(N)(=O)=O)c1. The molecular weight excluding hydrogens is 436 g/mol. The van der Waals surface area contributed by atoms with Gasteiger partial charge in [-0.15, -0.1) is 0 Å². The van der Waals surface area contributed by atoms with E-state index in [-0.39, 0.29) is 27.1 Å². The molecule has 12 heteroatoms. The Bertz CT molecular complexity index is 1100. The van der Waals surface area contributed by atoms with Gasteiger partial charge in [0.1, 0.15) is 11.1 Å². The summed E-state index contributed by atoms with van der Waals surface area (Å²) in [6, 6.07) is 7.87. The van der Waals surface area contributed by atoms with Gasteiger partial charge in [-0.05, 0) is 36.2 Å². The Morgan fingerprint density at radius 2 is 1.83 bits per heavy atom. The van der Waals surface area contributed by atoms with E-state index in [0.717, 1.165) is 6.07 Å².